The summed E-state index contributed by atoms with van der Waals surface area (Å²) in [5, 5.41) is 7.39. The molecule has 1 saturated carbocycles. The maximum absolute atomic E-state index is 3.82. The monoisotopic (exact) mass is 196 g/mol. The topological polar surface area (TPSA) is 24.1 Å². The van der Waals surface area contributed by atoms with Crippen LogP contribution in [0.3, 0.4) is 0 Å². The summed E-state index contributed by atoms with van der Waals surface area (Å²) in [4.78, 5) is 0. The Balaban J connectivity index is 1.80. The van der Waals surface area contributed by atoms with Crippen molar-refractivity contribution >= 4 is 0 Å². The van der Waals surface area contributed by atoms with Gasteiger partial charge in [-0.2, -0.15) is 0 Å². The van der Waals surface area contributed by atoms with E-state index in [-0.39, 0.29) is 0 Å². The number of rotatable bonds is 2. The number of nitrogens with one attached hydrogen (secondary N) is 2. The minimum Gasteiger partial charge on any atom is -0.312 e. The maximum Gasteiger partial charge on any atom is 0.0139 e. The summed E-state index contributed by atoms with van der Waals surface area (Å²) in [5.74, 6) is 0.910. The Labute approximate surface area is 87.8 Å². The summed E-state index contributed by atoms with van der Waals surface area (Å²) in [7, 11) is 0. The van der Waals surface area contributed by atoms with E-state index >= 15 is 0 Å². The van der Waals surface area contributed by atoms with Crippen molar-refractivity contribution in [2.45, 2.75) is 64.1 Å². The summed E-state index contributed by atoms with van der Waals surface area (Å²) in [6.07, 6.45) is 5.39. The van der Waals surface area contributed by atoms with E-state index < -0.39 is 0 Å². The van der Waals surface area contributed by atoms with E-state index in [0.29, 0.717) is 5.54 Å². The summed E-state index contributed by atoms with van der Waals surface area (Å²) >= 11 is 0. The van der Waals surface area contributed by atoms with Crippen LogP contribution in [0.25, 0.3) is 0 Å². The SMILES string of the molecule is CC1CCC1NC1CCNC(C)(C)C1. The molecule has 2 fully saturated rings. The lowest BCUT2D eigenvalue weighted by atomic mass is 9.79. The summed E-state index contributed by atoms with van der Waals surface area (Å²) in [6.45, 7) is 8.16. The average Bonchev–Trinajstić information content (AvgIpc) is 2.10. The predicted molar refractivity (Wildman–Crippen MR) is 60.4 cm³/mol. The van der Waals surface area contributed by atoms with Gasteiger partial charge in [0, 0.05) is 17.6 Å². The van der Waals surface area contributed by atoms with Crippen LogP contribution in [0.15, 0.2) is 0 Å². The molecule has 2 nitrogen and oxygen atoms in total. The predicted octanol–water partition coefficient (Wildman–Crippen LogP) is 1.91. The quantitative estimate of drug-likeness (QED) is 0.705. The maximum atomic E-state index is 3.82. The zero-order valence-corrected chi connectivity index (χ0v) is 9.77. The van der Waals surface area contributed by atoms with Gasteiger partial charge in [-0.15, -0.1) is 0 Å². The molecular weight excluding hydrogens is 172 g/mol. The standard InChI is InChI=1S/C12H24N2/c1-9-4-5-11(9)14-10-6-7-13-12(2,3)8-10/h9-11,13-14H,4-8H2,1-3H3. The molecule has 2 aliphatic rings. The van der Waals surface area contributed by atoms with Crippen LogP contribution in [-0.4, -0.2) is 24.2 Å². The van der Waals surface area contributed by atoms with Crippen molar-refractivity contribution < 1.29 is 0 Å². The van der Waals surface area contributed by atoms with Crippen molar-refractivity contribution in [1.29, 1.82) is 0 Å². The Bertz CT molecular complexity index is 200. The average molecular weight is 196 g/mol. The third-order valence-corrected chi connectivity index (χ3v) is 3.92. The molecule has 0 aromatic rings. The van der Waals surface area contributed by atoms with Crippen molar-refractivity contribution in [3.05, 3.63) is 0 Å². The first-order valence-electron chi connectivity index (χ1n) is 6.08. The Morgan fingerprint density at radius 2 is 2.00 bits per heavy atom. The van der Waals surface area contributed by atoms with E-state index in [0.717, 1.165) is 18.0 Å². The van der Waals surface area contributed by atoms with Gasteiger partial charge in [-0.3, -0.25) is 0 Å². The van der Waals surface area contributed by atoms with E-state index in [1.165, 1.54) is 32.2 Å². The molecule has 2 N–H and O–H groups in total. The van der Waals surface area contributed by atoms with Gasteiger partial charge in [-0.1, -0.05) is 6.92 Å². The van der Waals surface area contributed by atoms with Crippen molar-refractivity contribution in [1.82, 2.24) is 10.6 Å². The molecule has 0 aromatic carbocycles. The van der Waals surface area contributed by atoms with Crippen LogP contribution in [0.1, 0.15) is 46.5 Å². The lowest BCUT2D eigenvalue weighted by Gasteiger charge is -2.43. The van der Waals surface area contributed by atoms with Gasteiger partial charge in [0.1, 0.15) is 0 Å². The third kappa shape index (κ3) is 2.29. The highest BCUT2D eigenvalue weighted by atomic mass is 15.0. The highest BCUT2D eigenvalue weighted by Crippen LogP contribution is 2.28. The second-order valence-electron chi connectivity index (χ2n) is 5.83. The molecule has 82 valence electrons. The Morgan fingerprint density at radius 1 is 1.21 bits per heavy atom. The van der Waals surface area contributed by atoms with Crippen LogP contribution in [0.4, 0.5) is 0 Å². The van der Waals surface area contributed by atoms with Crippen LogP contribution in [0.5, 0.6) is 0 Å². The molecule has 1 heterocycles. The minimum absolute atomic E-state index is 0.336. The lowest BCUT2D eigenvalue weighted by molar-refractivity contribution is 0.167. The molecule has 0 radical (unpaired) electrons. The van der Waals surface area contributed by atoms with Crippen LogP contribution in [-0.2, 0) is 0 Å². The Morgan fingerprint density at radius 3 is 2.50 bits per heavy atom. The van der Waals surface area contributed by atoms with Crippen LogP contribution in [0.2, 0.25) is 0 Å². The van der Waals surface area contributed by atoms with Crippen molar-refractivity contribution in [3.8, 4) is 0 Å². The molecule has 0 amide bonds. The number of hydrogen-bond acceptors (Lipinski definition) is 2. The van der Waals surface area contributed by atoms with E-state index in [4.69, 9.17) is 0 Å². The van der Waals surface area contributed by atoms with Gasteiger partial charge in [0.25, 0.3) is 0 Å². The van der Waals surface area contributed by atoms with Gasteiger partial charge in [-0.25, -0.2) is 0 Å². The molecule has 3 atom stereocenters. The fourth-order valence-electron chi connectivity index (χ4n) is 2.73. The van der Waals surface area contributed by atoms with E-state index in [2.05, 4.69) is 31.4 Å². The molecular formula is C12H24N2. The van der Waals surface area contributed by atoms with Gasteiger partial charge in [-0.05, 0) is 52.0 Å². The molecule has 2 heteroatoms. The molecule has 14 heavy (non-hydrogen) atoms. The lowest BCUT2D eigenvalue weighted by Crippen LogP contribution is -2.56. The normalized spacial score (nSPS) is 41.8. The Hall–Kier alpha value is -0.0800. The first-order chi connectivity index (χ1) is 6.57. The third-order valence-electron chi connectivity index (χ3n) is 3.92. The molecule has 1 saturated heterocycles. The van der Waals surface area contributed by atoms with Gasteiger partial charge < -0.3 is 10.6 Å². The smallest absolute Gasteiger partial charge is 0.0139 e. The first kappa shape index (κ1) is 10.4. The highest BCUT2D eigenvalue weighted by Gasteiger charge is 2.32. The van der Waals surface area contributed by atoms with Gasteiger partial charge in [0.15, 0.2) is 0 Å². The molecule has 3 unspecified atom stereocenters. The fourth-order valence-corrected chi connectivity index (χ4v) is 2.73. The summed E-state index contributed by atoms with van der Waals surface area (Å²) in [6, 6.07) is 1.56. The first-order valence-corrected chi connectivity index (χ1v) is 6.08. The van der Waals surface area contributed by atoms with E-state index in [9.17, 15) is 0 Å². The van der Waals surface area contributed by atoms with Gasteiger partial charge in [0.05, 0.1) is 0 Å². The van der Waals surface area contributed by atoms with E-state index in [1.807, 2.05) is 0 Å². The molecule has 1 aliphatic carbocycles. The fraction of sp³-hybridized carbons (Fsp3) is 1.00. The van der Waals surface area contributed by atoms with Crippen LogP contribution < -0.4 is 10.6 Å². The molecule has 2 rings (SSSR count). The zero-order valence-electron chi connectivity index (χ0n) is 9.77. The molecule has 0 spiro atoms. The van der Waals surface area contributed by atoms with Gasteiger partial charge in [0.2, 0.25) is 0 Å². The number of piperidine rings is 1. The Kier molecular flexibility index (Phi) is 2.85. The highest BCUT2D eigenvalue weighted by molar-refractivity contribution is 4.93. The van der Waals surface area contributed by atoms with Crippen molar-refractivity contribution in [3.63, 3.8) is 0 Å². The number of hydrogen-bond donors (Lipinski definition) is 2. The summed E-state index contributed by atoms with van der Waals surface area (Å²) < 4.78 is 0. The van der Waals surface area contributed by atoms with E-state index in [1.54, 1.807) is 0 Å². The van der Waals surface area contributed by atoms with Crippen molar-refractivity contribution in [2.75, 3.05) is 6.54 Å². The molecule has 0 aromatic heterocycles. The largest absolute Gasteiger partial charge is 0.312 e. The van der Waals surface area contributed by atoms with Gasteiger partial charge >= 0.3 is 0 Å². The van der Waals surface area contributed by atoms with Crippen molar-refractivity contribution in [2.24, 2.45) is 5.92 Å². The second kappa shape index (κ2) is 3.82. The minimum atomic E-state index is 0.336. The molecule has 1 aliphatic heterocycles. The summed E-state index contributed by atoms with van der Waals surface area (Å²) in [5.41, 5.74) is 0.336. The molecule has 0 bridgehead atoms. The van der Waals surface area contributed by atoms with Crippen LogP contribution >= 0.6 is 0 Å². The second-order valence-corrected chi connectivity index (χ2v) is 5.83. The van der Waals surface area contributed by atoms with Crippen LogP contribution in [0, 0.1) is 5.92 Å². The zero-order chi connectivity index (χ0) is 10.2.